The number of nitrogens with one attached hydrogen (secondary N) is 2. The minimum atomic E-state index is -4.37. The van der Waals surface area contributed by atoms with Gasteiger partial charge in [0.05, 0.1) is 5.69 Å². The number of hydrogen-bond acceptors (Lipinski definition) is 3. The Morgan fingerprint density at radius 3 is 2.77 bits per heavy atom. The first-order valence-electron chi connectivity index (χ1n) is 8.00. The molecule has 0 spiro atoms. The van der Waals surface area contributed by atoms with Crippen LogP contribution in [0, 0.1) is 6.92 Å². The van der Waals surface area contributed by atoms with Crippen LogP contribution in [0.3, 0.4) is 0 Å². The van der Waals surface area contributed by atoms with Gasteiger partial charge in [0.1, 0.15) is 12.4 Å². The fraction of sp³-hybridized carbons (Fsp3) is 0.211. The predicted octanol–water partition coefficient (Wildman–Crippen LogP) is 4.63. The first kappa shape index (κ1) is 17.8. The number of benzene rings is 2. The zero-order chi connectivity index (χ0) is 18.7. The molecule has 2 aromatic rings. The van der Waals surface area contributed by atoms with Crippen LogP contribution in [-0.2, 0) is 0 Å². The normalized spacial score (nSPS) is 13.7. The van der Waals surface area contributed by atoms with Gasteiger partial charge < -0.3 is 15.4 Å². The average Bonchev–Trinajstić information content (AvgIpc) is 2.59. The van der Waals surface area contributed by atoms with Gasteiger partial charge in [0, 0.05) is 29.9 Å². The number of fused-ring (bicyclic) bond motifs is 1. The van der Waals surface area contributed by atoms with Crippen molar-refractivity contribution in [3.05, 3.63) is 59.2 Å². The van der Waals surface area contributed by atoms with Gasteiger partial charge in [-0.1, -0.05) is 18.2 Å². The molecule has 136 valence electrons. The molecule has 2 N–H and O–H groups in total. The van der Waals surface area contributed by atoms with E-state index < -0.39 is 6.18 Å². The van der Waals surface area contributed by atoms with Crippen molar-refractivity contribution in [2.45, 2.75) is 13.1 Å². The molecule has 0 fully saturated rings. The van der Waals surface area contributed by atoms with E-state index in [2.05, 4.69) is 10.6 Å². The quantitative estimate of drug-likeness (QED) is 0.837. The van der Waals surface area contributed by atoms with Gasteiger partial charge in [-0.15, -0.1) is 0 Å². The van der Waals surface area contributed by atoms with E-state index in [1.165, 1.54) is 18.2 Å². The molecule has 1 heterocycles. The van der Waals surface area contributed by atoms with E-state index in [0.29, 0.717) is 34.7 Å². The Bertz CT molecular complexity index is 860. The maximum atomic E-state index is 12.5. The van der Waals surface area contributed by atoms with E-state index in [0.717, 1.165) is 18.3 Å². The highest BCUT2D eigenvalue weighted by atomic mass is 19.4. The number of anilines is 2. The summed E-state index contributed by atoms with van der Waals surface area (Å²) in [5.74, 6) is 0.330. The number of carbonyl (C=O) groups is 1. The van der Waals surface area contributed by atoms with Gasteiger partial charge >= 0.3 is 6.18 Å². The Labute approximate surface area is 148 Å². The molecular weight excluding hydrogens is 345 g/mol. The number of aryl methyl sites for hydroxylation is 1. The van der Waals surface area contributed by atoms with Crippen LogP contribution in [0.1, 0.15) is 21.5 Å². The highest BCUT2D eigenvalue weighted by molar-refractivity contribution is 6.05. The fourth-order valence-electron chi connectivity index (χ4n) is 2.65. The number of hydrogen-bond donors (Lipinski definition) is 2. The summed E-state index contributed by atoms with van der Waals surface area (Å²) in [5.41, 5.74) is 2.81. The molecular formula is C19H17F3N2O2. The third-order valence-electron chi connectivity index (χ3n) is 3.87. The van der Waals surface area contributed by atoms with E-state index in [9.17, 15) is 18.0 Å². The second-order valence-electron chi connectivity index (χ2n) is 5.89. The van der Waals surface area contributed by atoms with Crippen molar-refractivity contribution in [3.8, 4) is 5.75 Å². The van der Waals surface area contributed by atoms with Crippen LogP contribution in [0.5, 0.6) is 5.75 Å². The molecule has 0 saturated carbocycles. The lowest BCUT2D eigenvalue weighted by atomic mass is 10.0. The summed E-state index contributed by atoms with van der Waals surface area (Å²) in [4.78, 5) is 12.5. The summed E-state index contributed by atoms with van der Waals surface area (Å²) in [6.07, 6.45) is -3.22. The molecule has 2 aromatic carbocycles. The summed E-state index contributed by atoms with van der Waals surface area (Å²) in [6.45, 7) is 2.96. The number of ether oxygens (including phenoxy) is 1. The van der Waals surface area contributed by atoms with Gasteiger partial charge in [-0.2, -0.15) is 13.2 Å². The molecule has 1 aliphatic heterocycles. The average molecular weight is 362 g/mol. The molecule has 0 atom stereocenters. The molecule has 3 rings (SSSR count). The third kappa shape index (κ3) is 4.36. The van der Waals surface area contributed by atoms with Crippen molar-refractivity contribution in [1.29, 1.82) is 0 Å². The Kier molecular flexibility index (Phi) is 4.88. The largest absolute Gasteiger partial charge is 0.490 e. The molecule has 0 radical (unpaired) electrons. The first-order chi connectivity index (χ1) is 12.3. The summed E-state index contributed by atoms with van der Waals surface area (Å²) in [7, 11) is 0. The minimum absolute atomic E-state index is 0.169. The Balaban J connectivity index is 1.75. The Morgan fingerprint density at radius 1 is 1.23 bits per heavy atom. The number of halogens is 3. The maximum absolute atomic E-state index is 12.5. The van der Waals surface area contributed by atoms with Gasteiger partial charge in [0.15, 0.2) is 0 Å². The number of rotatable bonds is 3. The highest BCUT2D eigenvalue weighted by Crippen LogP contribution is 2.30. The van der Waals surface area contributed by atoms with Gasteiger partial charge in [-0.25, -0.2) is 0 Å². The lowest BCUT2D eigenvalue weighted by Gasteiger charge is -2.20. The van der Waals surface area contributed by atoms with Gasteiger partial charge in [0.25, 0.3) is 5.91 Å². The second-order valence-corrected chi connectivity index (χ2v) is 5.89. The van der Waals surface area contributed by atoms with Crippen molar-refractivity contribution >= 4 is 23.4 Å². The highest BCUT2D eigenvalue weighted by Gasteiger charge is 2.21. The fourth-order valence-corrected chi connectivity index (χ4v) is 2.65. The molecule has 7 heteroatoms. The Morgan fingerprint density at radius 2 is 2.04 bits per heavy atom. The molecule has 26 heavy (non-hydrogen) atoms. The monoisotopic (exact) mass is 362 g/mol. The van der Waals surface area contributed by atoms with Crippen molar-refractivity contribution in [2.24, 2.45) is 0 Å². The zero-order valence-corrected chi connectivity index (χ0v) is 14.0. The zero-order valence-electron chi connectivity index (χ0n) is 14.0. The van der Waals surface area contributed by atoms with E-state index in [1.54, 1.807) is 19.1 Å². The summed E-state index contributed by atoms with van der Waals surface area (Å²) < 4.78 is 42.3. The SMILES string of the molecule is Cc1cc(/C=C/C(F)(F)F)ccc1C(=O)Nc1ccc2c(c1)OCCN2. The molecule has 0 saturated heterocycles. The van der Waals surface area contributed by atoms with Crippen molar-refractivity contribution in [3.63, 3.8) is 0 Å². The van der Waals surface area contributed by atoms with Gasteiger partial charge in [-0.05, 0) is 36.2 Å². The van der Waals surface area contributed by atoms with Crippen LogP contribution >= 0.6 is 0 Å². The van der Waals surface area contributed by atoms with Crippen LogP contribution in [0.4, 0.5) is 24.5 Å². The molecule has 4 nitrogen and oxygen atoms in total. The van der Waals surface area contributed by atoms with Crippen LogP contribution in [0.2, 0.25) is 0 Å². The van der Waals surface area contributed by atoms with E-state index in [1.807, 2.05) is 6.07 Å². The van der Waals surface area contributed by atoms with Crippen molar-refractivity contribution in [2.75, 3.05) is 23.8 Å². The van der Waals surface area contributed by atoms with E-state index >= 15 is 0 Å². The molecule has 0 aliphatic carbocycles. The number of allylic oxidation sites excluding steroid dienone is 1. The van der Waals surface area contributed by atoms with Gasteiger partial charge in [-0.3, -0.25) is 4.79 Å². The standard InChI is InChI=1S/C19H17F3N2O2/c1-12-10-13(6-7-19(20,21)22)2-4-15(12)18(25)24-14-3-5-16-17(11-14)26-9-8-23-16/h2-7,10-11,23H,8-9H2,1H3,(H,24,25)/b7-6+. The predicted molar refractivity (Wildman–Crippen MR) is 94.6 cm³/mol. The summed E-state index contributed by atoms with van der Waals surface area (Å²) in [5, 5.41) is 5.97. The molecule has 1 amide bonds. The lowest BCUT2D eigenvalue weighted by Crippen LogP contribution is -2.18. The summed E-state index contributed by atoms with van der Waals surface area (Å²) in [6, 6.07) is 9.84. The van der Waals surface area contributed by atoms with E-state index in [4.69, 9.17) is 4.74 Å². The van der Waals surface area contributed by atoms with Crippen LogP contribution < -0.4 is 15.4 Å². The van der Waals surface area contributed by atoms with Crippen LogP contribution in [0.25, 0.3) is 6.08 Å². The van der Waals surface area contributed by atoms with Crippen LogP contribution in [-0.4, -0.2) is 25.2 Å². The molecule has 0 bridgehead atoms. The first-order valence-corrected chi connectivity index (χ1v) is 8.00. The topological polar surface area (TPSA) is 50.4 Å². The summed E-state index contributed by atoms with van der Waals surface area (Å²) >= 11 is 0. The molecule has 1 aliphatic rings. The second kappa shape index (κ2) is 7.11. The number of carbonyl (C=O) groups excluding carboxylic acids is 1. The lowest BCUT2D eigenvalue weighted by molar-refractivity contribution is -0.0790. The maximum Gasteiger partial charge on any atom is 0.409 e. The number of alkyl halides is 3. The third-order valence-corrected chi connectivity index (χ3v) is 3.87. The Hall–Kier alpha value is -2.96. The van der Waals surface area contributed by atoms with Crippen molar-refractivity contribution in [1.82, 2.24) is 0 Å². The molecule has 0 aromatic heterocycles. The van der Waals surface area contributed by atoms with Crippen molar-refractivity contribution < 1.29 is 22.7 Å². The number of amides is 1. The van der Waals surface area contributed by atoms with Crippen LogP contribution in [0.15, 0.2) is 42.5 Å². The van der Waals surface area contributed by atoms with Gasteiger partial charge in [0.2, 0.25) is 0 Å². The van der Waals surface area contributed by atoms with E-state index in [-0.39, 0.29) is 12.0 Å². The smallest absolute Gasteiger partial charge is 0.409 e. The molecule has 0 unspecified atom stereocenters. The minimum Gasteiger partial charge on any atom is -0.490 e.